The van der Waals surface area contributed by atoms with E-state index in [2.05, 4.69) is 48.3 Å². The Balaban J connectivity index is 1.37. The van der Waals surface area contributed by atoms with Crippen LogP contribution in [-0.2, 0) is 0 Å². The van der Waals surface area contributed by atoms with Crippen molar-refractivity contribution >= 4 is 17.0 Å². The van der Waals surface area contributed by atoms with Gasteiger partial charge in [-0.05, 0) is 55.1 Å². The van der Waals surface area contributed by atoms with Gasteiger partial charge in [-0.15, -0.1) is 0 Å². The van der Waals surface area contributed by atoms with Gasteiger partial charge in [0.1, 0.15) is 0 Å². The standard InChI is InChI=1S/C33H35N5O/c1-23(2)24-16-18-25(19-17-24)28(38-20-10-5-11-21-38)22-34-31-29-32(36-30(35-31)26-12-6-3-7-13-26)37-33(39-29)27-14-8-4-9-15-27/h3-4,6-9,12-19,23,28H,5,10-11,20-22H2,1-2H3,(H,34,35,36)/t28-/m1/s1. The van der Waals surface area contributed by atoms with Gasteiger partial charge < -0.3 is 9.73 Å². The van der Waals surface area contributed by atoms with E-state index in [9.17, 15) is 0 Å². The molecule has 0 unspecified atom stereocenters. The summed E-state index contributed by atoms with van der Waals surface area (Å²) >= 11 is 0. The first-order chi connectivity index (χ1) is 19.2. The molecule has 0 radical (unpaired) electrons. The lowest BCUT2D eigenvalue weighted by Crippen LogP contribution is -2.37. The molecule has 0 saturated carbocycles. The third kappa shape index (κ3) is 5.57. The molecule has 6 nitrogen and oxygen atoms in total. The molecule has 0 spiro atoms. The van der Waals surface area contributed by atoms with Crippen LogP contribution in [0, 0.1) is 0 Å². The van der Waals surface area contributed by atoms with Crippen LogP contribution in [-0.4, -0.2) is 39.5 Å². The SMILES string of the molecule is CC(C)c1ccc([C@@H](CNc2nc(-c3ccccc3)nc3nc(-c4ccccc4)oc23)N2CCCCC2)cc1. The van der Waals surface area contributed by atoms with Gasteiger partial charge in [0, 0.05) is 17.7 Å². The Labute approximate surface area is 230 Å². The molecule has 0 bridgehead atoms. The summed E-state index contributed by atoms with van der Waals surface area (Å²) in [4.78, 5) is 17.1. The molecule has 3 heterocycles. The first kappa shape index (κ1) is 25.3. The highest BCUT2D eigenvalue weighted by molar-refractivity contribution is 5.85. The summed E-state index contributed by atoms with van der Waals surface area (Å²) < 4.78 is 6.29. The zero-order chi connectivity index (χ0) is 26.6. The van der Waals surface area contributed by atoms with Gasteiger partial charge in [-0.1, -0.05) is 93.1 Å². The molecule has 3 aromatic carbocycles. The number of likely N-dealkylation sites (tertiary alicyclic amines) is 1. The monoisotopic (exact) mass is 517 g/mol. The summed E-state index contributed by atoms with van der Waals surface area (Å²) in [6.07, 6.45) is 3.77. The van der Waals surface area contributed by atoms with Crippen molar-refractivity contribution in [3.8, 4) is 22.8 Å². The molecule has 6 heteroatoms. The van der Waals surface area contributed by atoms with Crippen molar-refractivity contribution in [1.29, 1.82) is 0 Å². The molecule has 6 rings (SSSR count). The van der Waals surface area contributed by atoms with Crippen molar-refractivity contribution in [1.82, 2.24) is 19.9 Å². The van der Waals surface area contributed by atoms with Crippen LogP contribution in [0.4, 0.5) is 5.82 Å². The predicted molar refractivity (Wildman–Crippen MR) is 158 cm³/mol. The lowest BCUT2D eigenvalue weighted by atomic mass is 9.97. The molecule has 0 aliphatic carbocycles. The largest absolute Gasteiger partial charge is 0.430 e. The van der Waals surface area contributed by atoms with Gasteiger partial charge in [0.05, 0.1) is 6.04 Å². The van der Waals surface area contributed by atoms with Gasteiger partial charge in [-0.2, -0.15) is 4.98 Å². The molecule has 1 aliphatic rings. The summed E-state index contributed by atoms with van der Waals surface area (Å²) in [6, 6.07) is 29.4. The van der Waals surface area contributed by atoms with Crippen LogP contribution in [0.5, 0.6) is 0 Å². The number of hydrogen-bond donors (Lipinski definition) is 1. The molecule has 39 heavy (non-hydrogen) atoms. The van der Waals surface area contributed by atoms with Crippen LogP contribution in [0.3, 0.4) is 0 Å². The Morgan fingerprint density at radius 3 is 2.05 bits per heavy atom. The fourth-order valence-electron chi connectivity index (χ4n) is 5.35. The number of nitrogens with zero attached hydrogens (tertiary/aromatic N) is 4. The van der Waals surface area contributed by atoms with Crippen LogP contribution in [0.15, 0.2) is 89.3 Å². The van der Waals surface area contributed by atoms with Crippen LogP contribution in [0.1, 0.15) is 56.2 Å². The highest BCUT2D eigenvalue weighted by Gasteiger charge is 2.24. The topological polar surface area (TPSA) is 67.1 Å². The minimum absolute atomic E-state index is 0.230. The minimum Gasteiger partial charge on any atom is -0.430 e. The Morgan fingerprint density at radius 1 is 0.744 bits per heavy atom. The second kappa shape index (κ2) is 11.4. The molecule has 198 valence electrons. The van der Waals surface area contributed by atoms with Gasteiger partial charge in [-0.25, -0.2) is 9.97 Å². The molecule has 1 aliphatic heterocycles. The minimum atomic E-state index is 0.230. The third-order valence-electron chi connectivity index (χ3n) is 7.59. The Hall–Kier alpha value is -4.03. The first-order valence-corrected chi connectivity index (χ1v) is 14.0. The maximum atomic E-state index is 6.29. The molecule has 1 atom stereocenters. The quantitative estimate of drug-likeness (QED) is 0.227. The lowest BCUT2D eigenvalue weighted by molar-refractivity contribution is 0.170. The number of piperidine rings is 1. The van der Waals surface area contributed by atoms with Gasteiger partial charge in [0.2, 0.25) is 17.1 Å². The van der Waals surface area contributed by atoms with Crippen LogP contribution < -0.4 is 5.32 Å². The Morgan fingerprint density at radius 2 is 1.38 bits per heavy atom. The van der Waals surface area contributed by atoms with Crippen molar-refractivity contribution in [3.05, 3.63) is 96.1 Å². The van der Waals surface area contributed by atoms with Gasteiger partial charge in [0.25, 0.3) is 0 Å². The fraction of sp³-hybridized carbons (Fsp3) is 0.303. The van der Waals surface area contributed by atoms with Crippen molar-refractivity contribution in [2.24, 2.45) is 0 Å². The van der Waals surface area contributed by atoms with Crippen LogP contribution in [0.2, 0.25) is 0 Å². The zero-order valence-corrected chi connectivity index (χ0v) is 22.7. The summed E-state index contributed by atoms with van der Waals surface area (Å²) in [5, 5.41) is 3.67. The van der Waals surface area contributed by atoms with E-state index < -0.39 is 0 Å². The number of benzene rings is 3. The van der Waals surface area contributed by atoms with E-state index in [0.717, 1.165) is 24.2 Å². The summed E-state index contributed by atoms with van der Waals surface area (Å²) in [5.74, 6) is 2.37. The van der Waals surface area contributed by atoms with E-state index in [1.165, 1.54) is 30.4 Å². The van der Waals surface area contributed by atoms with Crippen molar-refractivity contribution in [3.63, 3.8) is 0 Å². The number of fused-ring (bicyclic) bond motifs is 1. The number of aromatic nitrogens is 3. The number of hydrogen-bond acceptors (Lipinski definition) is 6. The number of rotatable bonds is 8. The normalized spacial score (nSPS) is 15.1. The van der Waals surface area contributed by atoms with E-state index in [1.807, 2.05) is 60.7 Å². The second-order valence-corrected chi connectivity index (χ2v) is 10.6. The third-order valence-corrected chi connectivity index (χ3v) is 7.59. The van der Waals surface area contributed by atoms with Gasteiger partial charge in [0.15, 0.2) is 11.6 Å². The van der Waals surface area contributed by atoms with Crippen LogP contribution in [0.25, 0.3) is 34.1 Å². The smallest absolute Gasteiger partial charge is 0.229 e. The first-order valence-electron chi connectivity index (χ1n) is 14.0. The molecular weight excluding hydrogens is 482 g/mol. The maximum absolute atomic E-state index is 6.29. The molecule has 1 N–H and O–H groups in total. The van der Waals surface area contributed by atoms with Crippen molar-refractivity contribution in [2.75, 3.05) is 25.0 Å². The number of nitrogens with one attached hydrogen (secondary N) is 1. The van der Waals surface area contributed by atoms with Crippen LogP contribution >= 0.6 is 0 Å². The summed E-state index contributed by atoms with van der Waals surface area (Å²) in [7, 11) is 0. The van der Waals surface area contributed by atoms with E-state index in [0.29, 0.717) is 41.2 Å². The molecule has 2 aromatic heterocycles. The zero-order valence-electron chi connectivity index (χ0n) is 22.7. The molecular formula is C33H35N5O. The summed E-state index contributed by atoms with van der Waals surface area (Å²) in [5.41, 5.74) is 5.69. The van der Waals surface area contributed by atoms with Crippen molar-refractivity contribution < 1.29 is 4.42 Å². The highest BCUT2D eigenvalue weighted by atomic mass is 16.3. The Bertz CT molecular complexity index is 1510. The lowest BCUT2D eigenvalue weighted by Gasteiger charge is -2.35. The Kier molecular flexibility index (Phi) is 7.37. The molecule has 5 aromatic rings. The van der Waals surface area contributed by atoms with E-state index >= 15 is 0 Å². The van der Waals surface area contributed by atoms with Gasteiger partial charge in [-0.3, -0.25) is 4.90 Å². The van der Waals surface area contributed by atoms with E-state index in [1.54, 1.807) is 0 Å². The predicted octanol–water partition coefficient (Wildman–Crippen LogP) is 7.71. The number of oxazole rings is 1. The fourth-order valence-corrected chi connectivity index (χ4v) is 5.35. The maximum Gasteiger partial charge on any atom is 0.229 e. The van der Waals surface area contributed by atoms with E-state index in [4.69, 9.17) is 19.4 Å². The highest BCUT2D eigenvalue weighted by Crippen LogP contribution is 2.32. The average molecular weight is 518 g/mol. The average Bonchev–Trinajstić information content (AvgIpc) is 3.44. The second-order valence-electron chi connectivity index (χ2n) is 10.6. The summed E-state index contributed by atoms with van der Waals surface area (Å²) in [6.45, 7) is 7.40. The molecule has 1 saturated heterocycles. The van der Waals surface area contributed by atoms with E-state index in [-0.39, 0.29) is 6.04 Å². The number of anilines is 1. The van der Waals surface area contributed by atoms with Gasteiger partial charge >= 0.3 is 0 Å². The molecule has 0 amide bonds. The van der Waals surface area contributed by atoms with Crippen molar-refractivity contribution in [2.45, 2.75) is 45.1 Å². The molecule has 1 fully saturated rings.